The topological polar surface area (TPSA) is 17.0 Å². The lowest BCUT2D eigenvalue weighted by Crippen LogP contribution is -2.30. The molecule has 1 aromatic heterocycles. The number of para-hydroxylation sites is 1. The fraction of sp³-hybridized carbons (Fsp3) is 0.333. The zero-order valence-electron chi connectivity index (χ0n) is 9.82. The van der Waals surface area contributed by atoms with Crippen LogP contribution in [0.1, 0.15) is 23.7 Å². The van der Waals surface area contributed by atoms with Gasteiger partial charge in [-0.1, -0.05) is 30.4 Å². The lowest BCUT2D eigenvalue weighted by Gasteiger charge is -2.24. The third-order valence-corrected chi connectivity index (χ3v) is 4.04. The van der Waals surface area contributed by atoms with E-state index in [4.69, 9.17) is 0 Å². The van der Waals surface area contributed by atoms with Crippen LogP contribution < -0.4 is 5.32 Å². The molecule has 0 amide bonds. The second-order valence-corrected chi connectivity index (χ2v) is 4.96. The van der Waals surface area contributed by atoms with E-state index in [1.807, 2.05) is 0 Å². The number of hydrogen-bond donors (Lipinski definition) is 1. The first-order valence-electron chi connectivity index (χ1n) is 6.43. The SMILES string of the molecule is C1=CCn2c3c(c4ccccc42)CCNC3C1. The van der Waals surface area contributed by atoms with Gasteiger partial charge in [-0.25, -0.2) is 0 Å². The fourth-order valence-corrected chi connectivity index (χ4v) is 3.33. The summed E-state index contributed by atoms with van der Waals surface area (Å²) in [5.41, 5.74) is 4.51. The molecule has 0 saturated carbocycles. The number of hydrogen-bond acceptors (Lipinski definition) is 1. The van der Waals surface area contributed by atoms with Gasteiger partial charge in [0, 0.05) is 23.1 Å². The molecule has 0 radical (unpaired) electrons. The quantitative estimate of drug-likeness (QED) is 0.681. The van der Waals surface area contributed by atoms with E-state index >= 15 is 0 Å². The van der Waals surface area contributed by atoms with Gasteiger partial charge < -0.3 is 9.88 Å². The molecule has 2 aliphatic rings. The Morgan fingerprint density at radius 3 is 3.12 bits per heavy atom. The van der Waals surface area contributed by atoms with Gasteiger partial charge in [-0.3, -0.25) is 0 Å². The van der Waals surface area contributed by atoms with Crippen molar-refractivity contribution in [1.29, 1.82) is 0 Å². The Bertz CT molecular complexity index is 607. The van der Waals surface area contributed by atoms with Crippen LogP contribution in [0.2, 0.25) is 0 Å². The van der Waals surface area contributed by atoms with Crippen molar-refractivity contribution < 1.29 is 0 Å². The maximum absolute atomic E-state index is 3.65. The van der Waals surface area contributed by atoms with Crippen molar-refractivity contribution in [2.24, 2.45) is 0 Å². The van der Waals surface area contributed by atoms with Crippen LogP contribution in [0.25, 0.3) is 10.9 Å². The Morgan fingerprint density at radius 1 is 1.18 bits per heavy atom. The summed E-state index contributed by atoms with van der Waals surface area (Å²) in [7, 11) is 0. The molecular weight excluding hydrogens is 208 g/mol. The largest absolute Gasteiger partial charge is 0.339 e. The first kappa shape index (κ1) is 9.49. The zero-order valence-corrected chi connectivity index (χ0v) is 9.82. The number of allylic oxidation sites excluding steroid dienone is 1. The number of benzene rings is 1. The summed E-state index contributed by atoms with van der Waals surface area (Å²) in [5.74, 6) is 0. The molecule has 0 bridgehead atoms. The number of nitrogens with one attached hydrogen (secondary N) is 1. The van der Waals surface area contributed by atoms with E-state index in [-0.39, 0.29) is 0 Å². The third kappa shape index (κ3) is 1.25. The number of fused-ring (bicyclic) bond motifs is 3. The third-order valence-electron chi connectivity index (χ3n) is 4.04. The molecule has 2 aliphatic heterocycles. The van der Waals surface area contributed by atoms with Crippen molar-refractivity contribution in [2.45, 2.75) is 25.4 Å². The molecule has 2 heteroatoms. The van der Waals surface area contributed by atoms with Gasteiger partial charge in [0.25, 0.3) is 0 Å². The van der Waals surface area contributed by atoms with E-state index in [9.17, 15) is 0 Å². The molecule has 3 heterocycles. The Hall–Kier alpha value is -1.54. The molecule has 0 aliphatic carbocycles. The van der Waals surface area contributed by atoms with Gasteiger partial charge in [0.05, 0.1) is 6.04 Å². The first-order chi connectivity index (χ1) is 8.45. The molecule has 1 N–H and O–H groups in total. The average molecular weight is 224 g/mol. The Kier molecular flexibility index (Phi) is 1.94. The van der Waals surface area contributed by atoms with Crippen molar-refractivity contribution in [1.82, 2.24) is 9.88 Å². The van der Waals surface area contributed by atoms with Gasteiger partial charge in [0.15, 0.2) is 0 Å². The maximum atomic E-state index is 3.65. The molecule has 2 nitrogen and oxygen atoms in total. The highest BCUT2D eigenvalue weighted by atomic mass is 15.1. The second-order valence-electron chi connectivity index (χ2n) is 4.96. The molecule has 0 saturated heterocycles. The Morgan fingerprint density at radius 2 is 2.12 bits per heavy atom. The summed E-state index contributed by atoms with van der Waals surface area (Å²) >= 11 is 0. The Labute approximate surface area is 101 Å². The van der Waals surface area contributed by atoms with Crippen LogP contribution >= 0.6 is 0 Å². The zero-order chi connectivity index (χ0) is 11.2. The minimum absolute atomic E-state index is 0.518. The predicted octanol–water partition coefficient (Wildman–Crippen LogP) is 2.79. The van der Waals surface area contributed by atoms with Crippen LogP contribution in [0.5, 0.6) is 0 Å². The van der Waals surface area contributed by atoms with Gasteiger partial charge in [-0.2, -0.15) is 0 Å². The van der Waals surface area contributed by atoms with Crippen LogP contribution in [0.4, 0.5) is 0 Å². The van der Waals surface area contributed by atoms with Gasteiger partial charge in [-0.15, -0.1) is 0 Å². The summed E-state index contributed by atoms with van der Waals surface area (Å²) in [6, 6.07) is 9.35. The molecule has 2 aromatic rings. The average Bonchev–Trinajstić information content (AvgIpc) is 2.56. The maximum Gasteiger partial charge on any atom is 0.0513 e. The van der Waals surface area contributed by atoms with Gasteiger partial charge in [-0.05, 0) is 31.0 Å². The monoisotopic (exact) mass is 224 g/mol. The molecular formula is C15H16N2. The molecule has 0 spiro atoms. The first-order valence-corrected chi connectivity index (χ1v) is 6.43. The van der Waals surface area contributed by atoms with E-state index in [1.165, 1.54) is 23.0 Å². The number of rotatable bonds is 0. The van der Waals surface area contributed by atoms with Crippen molar-refractivity contribution in [3.8, 4) is 0 Å². The molecule has 1 aromatic carbocycles. The molecule has 17 heavy (non-hydrogen) atoms. The van der Waals surface area contributed by atoms with Gasteiger partial charge >= 0.3 is 0 Å². The molecule has 86 valence electrons. The van der Waals surface area contributed by atoms with Crippen LogP contribution in [0.3, 0.4) is 0 Å². The van der Waals surface area contributed by atoms with E-state index in [0.717, 1.165) is 19.5 Å². The minimum Gasteiger partial charge on any atom is -0.339 e. The summed E-state index contributed by atoms with van der Waals surface area (Å²) in [4.78, 5) is 0. The van der Waals surface area contributed by atoms with E-state index in [2.05, 4.69) is 46.3 Å². The van der Waals surface area contributed by atoms with E-state index < -0.39 is 0 Å². The highest BCUT2D eigenvalue weighted by Crippen LogP contribution is 2.35. The predicted molar refractivity (Wildman–Crippen MR) is 70.1 cm³/mol. The van der Waals surface area contributed by atoms with Crippen LogP contribution in [-0.4, -0.2) is 11.1 Å². The summed E-state index contributed by atoms with van der Waals surface area (Å²) in [5, 5.41) is 5.11. The highest BCUT2D eigenvalue weighted by Gasteiger charge is 2.26. The minimum atomic E-state index is 0.518. The van der Waals surface area contributed by atoms with Crippen LogP contribution in [-0.2, 0) is 13.0 Å². The lowest BCUT2D eigenvalue weighted by atomic mass is 9.97. The summed E-state index contributed by atoms with van der Waals surface area (Å²) in [6.07, 6.45) is 6.91. The molecule has 0 fully saturated rings. The van der Waals surface area contributed by atoms with Crippen molar-refractivity contribution >= 4 is 10.9 Å². The normalized spacial score (nSPS) is 22.5. The second kappa shape index (κ2) is 3.47. The smallest absolute Gasteiger partial charge is 0.0513 e. The molecule has 1 atom stereocenters. The number of aromatic nitrogens is 1. The Balaban J connectivity index is 2.11. The van der Waals surface area contributed by atoms with Crippen LogP contribution in [0.15, 0.2) is 36.4 Å². The van der Waals surface area contributed by atoms with Crippen molar-refractivity contribution in [3.05, 3.63) is 47.7 Å². The summed E-state index contributed by atoms with van der Waals surface area (Å²) in [6.45, 7) is 2.13. The van der Waals surface area contributed by atoms with Crippen LogP contribution in [0, 0.1) is 0 Å². The fourth-order valence-electron chi connectivity index (χ4n) is 3.33. The van der Waals surface area contributed by atoms with E-state index in [0.29, 0.717) is 6.04 Å². The van der Waals surface area contributed by atoms with Gasteiger partial charge in [0.1, 0.15) is 0 Å². The highest BCUT2D eigenvalue weighted by molar-refractivity contribution is 5.86. The lowest BCUT2D eigenvalue weighted by molar-refractivity contribution is 0.489. The molecule has 4 rings (SSSR count). The number of nitrogens with zero attached hydrogens (tertiary/aromatic N) is 1. The molecule has 1 unspecified atom stereocenters. The van der Waals surface area contributed by atoms with Gasteiger partial charge in [0.2, 0.25) is 0 Å². The standard InChI is InChI=1S/C15H16N2/c1-2-7-14-11(5-1)12-8-9-16-13-6-3-4-10-17(14)15(12)13/h1-5,7,13,16H,6,8-10H2. The van der Waals surface area contributed by atoms with Crippen molar-refractivity contribution in [3.63, 3.8) is 0 Å². The van der Waals surface area contributed by atoms with E-state index in [1.54, 1.807) is 5.56 Å². The summed E-state index contributed by atoms with van der Waals surface area (Å²) < 4.78 is 2.49. The van der Waals surface area contributed by atoms with Crippen molar-refractivity contribution in [2.75, 3.05) is 6.54 Å².